The Balaban J connectivity index is 4.01. The summed E-state index contributed by atoms with van der Waals surface area (Å²) in [6.45, 7) is 9.04. The Morgan fingerprint density at radius 2 is 1.88 bits per heavy atom. The van der Waals surface area contributed by atoms with E-state index in [2.05, 4.69) is 5.32 Å². The van der Waals surface area contributed by atoms with Crippen molar-refractivity contribution in [3.8, 4) is 0 Å². The fraction of sp³-hybridized carbons (Fsp3) is 0.923. The van der Waals surface area contributed by atoms with Crippen LogP contribution < -0.4 is 11.1 Å². The van der Waals surface area contributed by atoms with E-state index in [9.17, 15) is 4.79 Å². The molecule has 17 heavy (non-hydrogen) atoms. The molecule has 0 aliphatic carbocycles. The third kappa shape index (κ3) is 6.76. The average Bonchev–Trinajstić information content (AvgIpc) is 2.24. The molecule has 1 atom stereocenters. The van der Waals surface area contributed by atoms with Crippen molar-refractivity contribution >= 4 is 5.78 Å². The molecule has 0 saturated heterocycles. The summed E-state index contributed by atoms with van der Waals surface area (Å²) in [4.78, 5) is 11.7. The van der Waals surface area contributed by atoms with Gasteiger partial charge in [0, 0.05) is 24.9 Å². The maximum atomic E-state index is 11.7. The third-order valence-corrected chi connectivity index (χ3v) is 3.11. The Bertz CT molecular complexity index is 238. The average molecular weight is 244 g/mol. The fourth-order valence-corrected chi connectivity index (χ4v) is 1.60. The van der Waals surface area contributed by atoms with Crippen molar-refractivity contribution in [2.45, 2.75) is 52.7 Å². The summed E-state index contributed by atoms with van der Waals surface area (Å²) in [7, 11) is 1.89. The van der Waals surface area contributed by atoms with E-state index in [1.54, 1.807) is 0 Å². The highest BCUT2D eigenvalue weighted by Gasteiger charge is 2.27. The molecule has 0 aliphatic rings. The number of ketones is 1. The SMILES string of the molecule is CCC(=O)C(C)(C)CCOC(C)(N)CCNC. The van der Waals surface area contributed by atoms with E-state index >= 15 is 0 Å². The van der Waals surface area contributed by atoms with Crippen molar-refractivity contribution in [3.63, 3.8) is 0 Å². The van der Waals surface area contributed by atoms with Gasteiger partial charge in [-0.2, -0.15) is 0 Å². The van der Waals surface area contributed by atoms with E-state index in [1.807, 2.05) is 34.7 Å². The number of hydrogen-bond donors (Lipinski definition) is 2. The molecule has 0 aliphatic heterocycles. The van der Waals surface area contributed by atoms with Gasteiger partial charge in [0.25, 0.3) is 0 Å². The minimum Gasteiger partial charge on any atom is -0.361 e. The van der Waals surface area contributed by atoms with Crippen LogP contribution in [0.2, 0.25) is 0 Å². The predicted molar refractivity (Wildman–Crippen MR) is 70.8 cm³/mol. The van der Waals surface area contributed by atoms with Crippen molar-refractivity contribution in [1.29, 1.82) is 0 Å². The lowest BCUT2D eigenvalue weighted by Crippen LogP contribution is -2.42. The smallest absolute Gasteiger partial charge is 0.138 e. The van der Waals surface area contributed by atoms with Crippen LogP contribution in [0, 0.1) is 5.41 Å². The molecule has 0 saturated carbocycles. The van der Waals surface area contributed by atoms with E-state index in [4.69, 9.17) is 10.5 Å². The molecule has 0 radical (unpaired) electrons. The van der Waals surface area contributed by atoms with Crippen LogP contribution in [-0.4, -0.2) is 31.7 Å². The Kier molecular flexibility index (Phi) is 6.90. The van der Waals surface area contributed by atoms with Crippen LogP contribution in [0.5, 0.6) is 0 Å². The molecule has 1 unspecified atom stereocenters. The van der Waals surface area contributed by atoms with Crippen LogP contribution in [0.15, 0.2) is 0 Å². The van der Waals surface area contributed by atoms with E-state index < -0.39 is 5.72 Å². The van der Waals surface area contributed by atoms with Gasteiger partial charge in [-0.25, -0.2) is 0 Å². The summed E-state index contributed by atoms with van der Waals surface area (Å²) >= 11 is 0. The minimum atomic E-state index is -0.617. The highest BCUT2D eigenvalue weighted by atomic mass is 16.5. The summed E-state index contributed by atoms with van der Waals surface area (Å²) < 4.78 is 5.65. The van der Waals surface area contributed by atoms with Gasteiger partial charge in [-0.1, -0.05) is 20.8 Å². The third-order valence-electron chi connectivity index (χ3n) is 3.11. The molecule has 4 nitrogen and oxygen atoms in total. The number of rotatable bonds is 9. The lowest BCUT2D eigenvalue weighted by atomic mass is 9.84. The second-order valence-corrected chi connectivity index (χ2v) is 5.43. The molecule has 0 aromatic carbocycles. The van der Waals surface area contributed by atoms with Gasteiger partial charge in [-0.3, -0.25) is 4.79 Å². The van der Waals surface area contributed by atoms with Crippen LogP contribution in [0.4, 0.5) is 0 Å². The molecular weight excluding hydrogens is 216 g/mol. The normalized spacial score (nSPS) is 15.6. The van der Waals surface area contributed by atoms with E-state index in [1.165, 1.54) is 0 Å². The zero-order valence-corrected chi connectivity index (χ0v) is 11.9. The van der Waals surface area contributed by atoms with E-state index in [-0.39, 0.29) is 11.2 Å². The lowest BCUT2D eigenvalue weighted by Gasteiger charge is -2.28. The molecule has 4 heteroatoms. The standard InChI is InChI=1S/C13H28N2O2/c1-6-11(16)12(2,3)8-10-17-13(4,14)7-9-15-5/h15H,6-10,14H2,1-5H3. The number of Topliss-reactive ketones (excluding diaryl/α,β-unsaturated/α-hetero) is 1. The second kappa shape index (κ2) is 7.09. The Labute approximate surface area is 105 Å². The van der Waals surface area contributed by atoms with Crippen LogP contribution in [-0.2, 0) is 9.53 Å². The monoisotopic (exact) mass is 244 g/mol. The predicted octanol–water partition coefficient (Wildman–Crippen LogP) is 1.68. The zero-order valence-electron chi connectivity index (χ0n) is 11.9. The molecular formula is C13H28N2O2. The lowest BCUT2D eigenvalue weighted by molar-refractivity contribution is -0.129. The van der Waals surface area contributed by atoms with Gasteiger partial charge >= 0.3 is 0 Å². The van der Waals surface area contributed by atoms with Crippen molar-refractivity contribution in [1.82, 2.24) is 5.32 Å². The van der Waals surface area contributed by atoms with Crippen LogP contribution in [0.3, 0.4) is 0 Å². The van der Waals surface area contributed by atoms with Crippen LogP contribution >= 0.6 is 0 Å². The molecule has 0 bridgehead atoms. The molecule has 0 spiro atoms. The number of nitrogens with two attached hydrogens (primary N) is 1. The maximum absolute atomic E-state index is 11.7. The molecule has 0 aromatic rings. The van der Waals surface area contributed by atoms with E-state index in [0.29, 0.717) is 19.4 Å². The van der Waals surface area contributed by atoms with Gasteiger partial charge < -0.3 is 15.8 Å². The minimum absolute atomic E-state index is 0.273. The summed E-state index contributed by atoms with van der Waals surface area (Å²) in [6.07, 6.45) is 2.05. The van der Waals surface area contributed by atoms with Crippen LogP contribution in [0.25, 0.3) is 0 Å². The van der Waals surface area contributed by atoms with Gasteiger partial charge in [0.2, 0.25) is 0 Å². The maximum Gasteiger partial charge on any atom is 0.138 e. The van der Waals surface area contributed by atoms with Crippen LogP contribution in [0.1, 0.15) is 47.0 Å². The van der Waals surface area contributed by atoms with Gasteiger partial charge in [-0.05, 0) is 26.9 Å². The fourth-order valence-electron chi connectivity index (χ4n) is 1.60. The first-order valence-corrected chi connectivity index (χ1v) is 6.36. The van der Waals surface area contributed by atoms with Crippen molar-refractivity contribution in [2.24, 2.45) is 11.1 Å². The van der Waals surface area contributed by atoms with Crippen molar-refractivity contribution < 1.29 is 9.53 Å². The first-order valence-electron chi connectivity index (χ1n) is 6.36. The topological polar surface area (TPSA) is 64.3 Å². The molecule has 0 fully saturated rings. The molecule has 0 rings (SSSR count). The summed E-state index contributed by atoms with van der Waals surface area (Å²) in [5.41, 5.74) is 5.07. The largest absolute Gasteiger partial charge is 0.361 e. The molecule has 0 amide bonds. The highest BCUT2D eigenvalue weighted by Crippen LogP contribution is 2.24. The van der Waals surface area contributed by atoms with Gasteiger partial charge in [0.15, 0.2) is 0 Å². The molecule has 0 aromatic heterocycles. The Morgan fingerprint density at radius 3 is 2.35 bits per heavy atom. The molecule has 102 valence electrons. The first kappa shape index (κ1) is 16.6. The second-order valence-electron chi connectivity index (χ2n) is 5.43. The number of ether oxygens (including phenoxy) is 1. The van der Waals surface area contributed by atoms with Gasteiger partial charge in [-0.15, -0.1) is 0 Å². The van der Waals surface area contributed by atoms with Gasteiger partial charge in [0.05, 0.1) is 0 Å². The summed E-state index contributed by atoms with van der Waals surface area (Å²) in [5, 5.41) is 3.04. The van der Waals surface area contributed by atoms with Gasteiger partial charge in [0.1, 0.15) is 11.5 Å². The summed E-state index contributed by atoms with van der Waals surface area (Å²) in [6, 6.07) is 0. The number of carbonyl (C=O) groups is 1. The first-order chi connectivity index (χ1) is 7.75. The number of nitrogens with one attached hydrogen (secondary N) is 1. The Hall–Kier alpha value is -0.450. The zero-order chi connectivity index (χ0) is 13.5. The number of carbonyl (C=O) groups excluding carboxylic acids is 1. The summed E-state index contributed by atoms with van der Waals surface area (Å²) in [5.74, 6) is 0.273. The van der Waals surface area contributed by atoms with Crippen molar-refractivity contribution in [3.05, 3.63) is 0 Å². The molecule has 0 heterocycles. The Morgan fingerprint density at radius 1 is 1.29 bits per heavy atom. The number of hydrogen-bond acceptors (Lipinski definition) is 4. The van der Waals surface area contributed by atoms with Crippen molar-refractivity contribution in [2.75, 3.05) is 20.2 Å². The quantitative estimate of drug-likeness (QED) is 0.606. The molecule has 3 N–H and O–H groups in total. The van der Waals surface area contributed by atoms with E-state index in [0.717, 1.165) is 13.0 Å². The highest BCUT2D eigenvalue weighted by molar-refractivity contribution is 5.83.